The molecule has 1 fully saturated rings. The van der Waals surface area contributed by atoms with Crippen molar-refractivity contribution < 1.29 is 4.79 Å². The van der Waals surface area contributed by atoms with E-state index in [1.54, 1.807) is 11.0 Å². The minimum absolute atomic E-state index is 0.193. The predicted molar refractivity (Wildman–Crippen MR) is 61.3 cm³/mol. The molecule has 2 rings (SSSR count). The lowest BCUT2D eigenvalue weighted by molar-refractivity contribution is -0.132. The lowest BCUT2D eigenvalue weighted by atomic mass is 10.1. The summed E-state index contributed by atoms with van der Waals surface area (Å²) in [5, 5.41) is 3.66. The highest BCUT2D eigenvalue weighted by Crippen LogP contribution is 2.15. The summed E-state index contributed by atoms with van der Waals surface area (Å²) in [5.74, 6) is 0.895. The number of nitrogens with one attached hydrogen (secondary N) is 1. The van der Waals surface area contributed by atoms with Crippen LogP contribution in [0.2, 0.25) is 5.15 Å². The Balaban J connectivity index is 1.98. The summed E-state index contributed by atoms with van der Waals surface area (Å²) < 4.78 is 0. The van der Waals surface area contributed by atoms with E-state index in [0.29, 0.717) is 23.9 Å². The van der Waals surface area contributed by atoms with Crippen molar-refractivity contribution in [2.45, 2.75) is 18.9 Å². The van der Waals surface area contributed by atoms with Gasteiger partial charge in [0.2, 0.25) is 5.91 Å². The van der Waals surface area contributed by atoms with Crippen molar-refractivity contribution in [3.8, 4) is 0 Å². The fourth-order valence-electron chi connectivity index (χ4n) is 1.75. The average Bonchev–Trinajstić information content (AvgIpc) is 2.24. The minimum atomic E-state index is 0.193. The molecule has 1 saturated heterocycles. The molecule has 1 aromatic heterocycles. The van der Waals surface area contributed by atoms with E-state index < -0.39 is 0 Å². The zero-order valence-corrected chi connectivity index (χ0v) is 9.74. The molecule has 0 spiro atoms. The summed E-state index contributed by atoms with van der Waals surface area (Å²) in [7, 11) is 1.81. The van der Waals surface area contributed by atoms with Gasteiger partial charge in [0.1, 0.15) is 17.3 Å². The summed E-state index contributed by atoms with van der Waals surface area (Å²) in [5.41, 5.74) is 0. The molecule has 0 bridgehead atoms. The van der Waals surface area contributed by atoms with Crippen molar-refractivity contribution in [1.29, 1.82) is 0 Å². The Morgan fingerprint density at radius 3 is 3.06 bits per heavy atom. The second kappa shape index (κ2) is 4.65. The first-order valence-electron chi connectivity index (χ1n) is 5.13. The van der Waals surface area contributed by atoms with Crippen LogP contribution in [0, 0.1) is 0 Å². The van der Waals surface area contributed by atoms with Gasteiger partial charge in [0, 0.05) is 32.1 Å². The van der Waals surface area contributed by atoms with Crippen molar-refractivity contribution in [3.63, 3.8) is 0 Å². The zero-order chi connectivity index (χ0) is 11.5. The third kappa shape index (κ3) is 2.61. The van der Waals surface area contributed by atoms with Crippen LogP contribution in [0.4, 0.5) is 5.82 Å². The van der Waals surface area contributed by atoms with Crippen LogP contribution in [0.5, 0.6) is 0 Å². The number of anilines is 1. The maximum Gasteiger partial charge on any atom is 0.222 e. The Hall–Kier alpha value is -1.36. The van der Waals surface area contributed by atoms with Crippen LogP contribution < -0.4 is 5.32 Å². The molecule has 1 N–H and O–H groups in total. The van der Waals surface area contributed by atoms with Gasteiger partial charge in [-0.3, -0.25) is 4.79 Å². The first-order chi connectivity index (χ1) is 7.65. The maximum absolute atomic E-state index is 11.3. The molecule has 1 aromatic rings. The summed E-state index contributed by atoms with van der Waals surface area (Å²) in [6, 6.07) is 1.91. The Morgan fingerprint density at radius 1 is 1.56 bits per heavy atom. The van der Waals surface area contributed by atoms with E-state index in [9.17, 15) is 4.79 Å². The monoisotopic (exact) mass is 240 g/mol. The number of likely N-dealkylation sites (tertiary alicyclic amines) is 1. The van der Waals surface area contributed by atoms with Gasteiger partial charge in [-0.05, 0) is 6.42 Å². The lowest BCUT2D eigenvalue weighted by Gasteiger charge is -2.30. The molecule has 6 heteroatoms. The standard InChI is InChI=1S/C10H13ClN4O/c1-15-5-7(2-3-10(15)16)14-9-4-8(11)12-6-13-9/h4,6-7H,2-3,5H2,1H3,(H,12,13,14). The van der Waals surface area contributed by atoms with E-state index in [4.69, 9.17) is 11.6 Å². The fraction of sp³-hybridized carbons (Fsp3) is 0.500. The van der Waals surface area contributed by atoms with Gasteiger partial charge in [0.25, 0.3) is 0 Å². The molecule has 5 nitrogen and oxygen atoms in total. The highest BCUT2D eigenvalue weighted by Gasteiger charge is 2.22. The highest BCUT2D eigenvalue weighted by atomic mass is 35.5. The fourth-order valence-corrected chi connectivity index (χ4v) is 1.90. The Bertz CT molecular complexity index is 398. The number of hydrogen-bond acceptors (Lipinski definition) is 4. The molecule has 1 aliphatic heterocycles. The van der Waals surface area contributed by atoms with Gasteiger partial charge < -0.3 is 10.2 Å². The molecule has 0 saturated carbocycles. The molecule has 2 heterocycles. The van der Waals surface area contributed by atoms with Gasteiger partial charge in [0.15, 0.2) is 0 Å². The molecule has 1 unspecified atom stereocenters. The van der Waals surface area contributed by atoms with Crippen LogP contribution in [0.15, 0.2) is 12.4 Å². The second-order valence-electron chi connectivity index (χ2n) is 3.88. The number of hydrogen-bond donors (Lipinski definition) is 1. The average molecular weight is 241 g/mol. The minimum Gasteiger partial charge on any atom is -0.365 e. The smallest absolute Gasteiger partial charge is 0.222 e. The summed E-state index contributed by atoms with van der Waals surface area (Å²) >= 11 is 5.76. The third-order valence-electron chi connectivity index (χ3n) is 2.61. The summed E-state index contributed by atoms with van der Waals surface area (Å²) in [6.07, 6.45) is 2.82. The van der Waals surface area contributed by atoms with E-state index in [1.165, 1.54) is 6.33 Å². The van der Waals surface area contributed by atoms with E-state index in [0.717, 1.165) is 6.42 Å². The van der Waals surface area contributed by atoms with Crippen LogP contribution in [-0.2, 0) is 4.79 Å². The van der Waals surface area contributed by atoms with Crippen LogP contribution >= 0.6 is 11.6 Å². The Morgan fingerprint density at radius 2 is 2.38 bits per heavy atom. The van der Waals surface area contributed by atoms with Crippen LogP contribution in [0.25, 0.3) is 0 Å². The van der Waals surface area contributed by atoms with Crippen LogP contribution in [-0.4, -0.2) is 40.4 Å². The maximum atomic E-state index is 11.3. The number of likely N-dealkylation sites (N-methyl/N-ethyl adjacent to an activating group) is 1. The van der Waals surface area contributed by atoms with Crippen LogP contribution in [0.3, 0.4) is 0 Å². The molecular formula is C10H13ClN4O. The van der Waals surface area contributed by atoms with Crippen molar-refractivity contribution in [1.82, 2.24) is 14.9 Å². The van der Waals surface area contributed by atoms with Crippen LogP contribution in [0.1, 0.15) is 12.8 Å². The van der Waals surface area contributed by atoms with Crippen molar-refractivity contribution in [2.24, 2.45) is 0 Å². The second-order valence-corrected chi connectivity index (χ2v) is 4.27. The number of carbonyl (C=O) groups excluding carboxylic acids is 1. The molecule has 0 aliphatic carbocycles. The van der Waals surface area contributed by atoms with E-state index in [2.05, 4.69) is 15.3 Å². The van der Waals surface area contributed by atoms with Gasteiger partial charge in [-0.15, -0.1) is 0 Å². The number of piperidine rings is 1. The van der Waals surface area contributed by atoms with E-state index >= 15 is 0 Å². The number of carbonyl (C=O) groups is 1. The normalized spacial score (nSPS) is 21.0. The Kier molecular flexibility index (Phi) is 3.24. The topological polar surface area (TPSA) is 58.1 Å². The number of amides is 1. The number of nitrogens with zero attached hydrogens (tertiary/aromatic N) is 3. The van der Waals surface area contributed by atoms with Gasteiger partial charge in [-0.25, -0.2) is 9.97 Å². The highest BCUT2D eigenvalue weighted by molar-refractivity contribution is 6.29. The number of rotatable bonds is 2. The first kappa shape index (κ1) is 11.1. The number of aromatic nitrogens is 2. The Labute approximate surface area is 98.8 Å². The van der Waals surface area contributed by atoms with Gasteiger partial charge in [0.05, 0.1) is 0 Å². The molecule has 1 amide bonds. The molecule has 0 aromatic carbocycles. The van der Waals surface area contributed by atoms with Gasteiger partial charge >= 0.3 is 0 Å². The lowest BCUT2D eigenvalue weighted by Crippen LogP contribution is -2.43. The predicted octanol–water partition coefficient (Wildman–Crippen LogP) is 1.16. The zero-order valence-electron chi connectivity index (χ0n) is 8.98. The van der Waals surface area contributed by atoms with Gasteiger partial charge in [-0.2, -0.15) is 0 Å². The molecular weight excluding hydrogens is 228 g/mol. The molecule has 1 aliphatic rings. The molecule has 1 atom stereocenters. The number of halogens is 1. The third-order valence-corrected chi connectivity index (χ3v) is 2.82. The quantitative estimate of drug-likeness (QED) is 0.789. The molecule has 0 radical (unpaired) electrons. The van der Waals surface area contributed by atoms with Crippen molar-refractivity contribution in [3.05, 3.63) is 17.5 Å². The largest absolute Gasteiger partial charge is 0.365 e. The van der Waals surface area contributed by atoms with Crippen molar-refractivity contribution >= 4 is 23.3 Å². The molecule has 16 heavy (non-hydrogen) atoms. The van der Waals surface area contributed by atoms with E-state index in [1.807, 2.05) is 7.05 Å². The SMILES string of the molecule is CN1CC(Nc2cc(Cl)ncn2)CCC1=O. The molecule has 86 valence electrons. The first-order valence-corrected chi connectivity index (χ1v) is 5.51. The van der Waals surface area contributed by atoms with E-state index in [-0.39, 0.29) is 11.9 Å². The summed E-state index contributed by atoms with van der Waals surface area (Å²) in [4.78, 5) is 20.9. The van der Waals surface area contributed by atoms with Crippen molar-refractivity contribution in [2.75, 3.05) is 18.9 Å². The van der Waals surface area contributed by atoms with Gasteiger partial charge in [-0.1, -0.05) is 11.6 Å². The summed E-state index contributed by atoms with van der Waals surface area (Å²) in [6.45, 7) is 0.695.